The average molecular weight is 1030 g/mol. The van der Waals surface area contributed by atoms with Crippen LogP contribution in [0.15, 0.2) is 267 Å². The molecule has 0 aliphatic heterocycles. The van der Waals surface area contributed by atoms with Crippen molar-refractivity contribution in [2.75, 3.05) is 0 Å². The third-order valence-corrected chi connectivity index (χ3v) is 18.6. The summed E-state index contributed by atoms with van der Waals surface area (Å²) in [6.45, 7) is 0. The molecular weight excluding hydrogens is 983 g/mol. The number of para-hydroxylation sites is 1. The summed E-state index contributed by atoms with van der Waals surface area (Å²) in [6, 6.07) is 97.9. The first-order valence-corrected chi connectivity index (χ1v) is 28.7. The summed E-state index contributed by atoms with van der Waals surface area (Å²) in [4.78, 5) is 0. The summed E-state index contributed by atoms with van der Waals surface area (Å²) in [5, 5.41) is 18.2. The van der Waals surface area contributed by atoms with E-state index in [0.29, 0.717) is 0 Å². The lowest BCUT2D eigenvalue weighted by Gasteiger charge is -2.19. The second-order valence-electron chi connectivity index (χ2n) is 21.8. The Morgan fingerprint density at radius 3 is 1.46 bits per heavy atom. The van der Waals surface area contributed by atoms with Gasteiger partial charge in [0.15, 0.2) is 0 Å². The molecule has 2 heterocycles. The molecule has 16 aromatic rings. The molecule has 0 fully saturated rings. The number of fused-ring (bicyclic) bond motifs is 18. The smallest absolute Gasteiger partial charge is 0.0547 e. The lowest BCUT2D eigenvalue weighted by Crippen LogP contribution is -1.98. The highest BCUT2D eigenvalue weighted by Crippen LogP contribution is 2.45. The molecule has 0 radical (unpaired) electrons. The fourth-order valence-electron chi connectivity index (χ4n) is 13.6. The van der Waals surface area contributed by atoms with Gasteiger partial charge in [0.1, 0.15) is 0 Å². The molecule has 1 aliphatic carbocycles. The van der Waals surface area contributed by atoms with Crippen molar-refractivity contribution in [3.63, 3.8) is 0 Å². The number of rotatable bonds is 6. The number of hydrogen-bond donors (Lipinski definition) is 0. The minimum absolute atomic E-state index is 1.04. The van der Waals surface area contributed by atoms with Crippen LogP contribution >= 0.6 is 11.3 Å². The maximum atomic E-state index is 2.46. The van der Waals surface area contributed by atoms with Crippen LogP contribution in [0.4, 0.5) is 0 Å². The van der Waals surface area contributed by atoms with Crippen molar-refractivity contribution in [3.8, 4) is 61.3 Å². The summed E-state index contributed by atoms with van der Waals surface area (Å²) in [6.07, 6.45) is 6.82. The monoisotopic (exact) mass is 1030 g/mol. The zero-order valence-electron chi connectivity index (χ0n) is 43.8. The molecule has 2 heteroatoms. The van der Waals surface area contributed by atoms with Gasteiger partial charge in [0, 0.05) is 36.6 Å². The molecule has 0 spiro atoms. The van der Waals surface area contributed by atoms with Gasteiger partial charge in [-0.3, -0.25) is 0 Å². The number of aromatic nitrogens is 1. The molecule has 0 saturated heterocycles. The maximum Gasteiger partial charge on any atom is 0.0547 e. The van der Waals surface area contributed by atoms with Gasteiger partial charge in [0.05, 0.1) is 11.0 Å². The molecule has 2 aromatic heterocycles. The molecule has 14 aromatic carbocycles. The van der Waals surface area contributed by atoms with E-state index >= 15 is 0 Å². The van der Waals surface area contributed by atoms with E-state index < -0.39 is 0 Å². The average Bonchev–Trinajstić information content (AvgIpc) is 4.25. The molecule has 0 unspecified atom stereocenters. The first-order chi connectivity index (χ1) is 39.6. The van der Waals surface area contributed by atoms with Gasteiger partial charge in [-0.05, 0) is 194 Å². The summed E-state index contributed by atoms with van der Waals surface area (Å²) in [7, 11) is 0. The number of nitrogens with zero attached hydrogens (tertiary/aromatic N) is 1. The zero-order valence-corrected chi connectivity index (χ0v) is 44.6. The SMILES string of the molecule is C1=Cc2c(c3ccc(-c4cccc(-c5ccc6c7ccccc7n(-c7cccc(-c8ccc9c%10ccccc%10c%10ccccc%10c9c8)c7)c6c5)c4)cc3c3cc(-c4cccc(-c5cccc6c5sc5ccccc56)c4)ccc23)CC1. The Labute approximate surface area is 467 Å². The Balaban J connectivity index is 0.762. The second-order valence-corrected chi connectivity index (χ2v) is 22.8. The molecule has 1 nitrogen and oxygen atoms in total. The molecule has 0 bridgehead atoms. The fraction of sp³-hybridized carbons (Fsp3) is 0.0256. The number of thiophene rings is 1. The molecule has 0 amide bonds. The highest BCUT2D eigenvalue weighted by molar-refractivity contribution is 7.26. The van der Waals surface area contributed by atoms with Gasteiger partial charge in [-0.2, -0.15) is 0 Å². The number of hydrogen-bond acceptors (Lipinski definition) is 1. The van der Waals surface area contributed by atoms with Crippen LogP contribution in [0.5, 0.6) is 0 Å². The van der Waals surface area contributed by atoms with E-state index in [4.69, 9.17) is 0 Å². The van der Waals surface area contributed by atoms with E-state index in [1.807, 2.05) is 11.3 Å². The van der Waals surface area contributed by atoms with Crippen LogP contribution in [0.2, 0.25) is 0 Å². The van der Waals surface area contributed by atoms with Gasteiger partial charge >= 0.3 is 0 Å². The largest absolute Gasteiger partial charge is 0.309 e. The Bertz CT molecular complexity index is 5280. The lowest BCUT2D eigenvalue weighted by atomic mass is 9.84. The molecule has 17 rings (SSSR count). The first kappa shape index (κ1) is 45.2. The van der Waals surface area contributed by atoms with Crippen LogP contribution in [-0.2, 0) is 6.42 Å². The van der Waals surface area contributed by atoms with Gasteiger partial charge in [-0.1, -0.05) is 212 Å². The van der Waals surface area contributed by atoms with Crippen molar-refractivity contribution in [3.05, 3.63) is 278 Å². The Morgan fingerprint density at radius 2 is 0.750 bits per heavy atom. The van der Waals surface area contributed by atoms with Gasteiger partial charge in [-0.15, -0.1) is 11.3 Å². The van der Waals surface area contributed by atoms with Crippen molar-refractivity contribution in [2.45, 2.75) is 12.8 Å². The second kappa shape index (κ2) is 17.8. The summed E-state index contributed by atoms with van der Waals surface area (Å²) in [5.74, 6) is 0. The van der Waals surface area contributed by atoms with Gasteiger partial charge < -0.3 is 4.57 Å². The molecule has 372 valence electrons. The van der Waals surface area contributed by atoms with Crippen LogP contribution < -0.4 is 0 Å². The number of allylic oxidation sites excluding steroid dienone is 1. The van der Waals surface area contributed by atoms with Crippen molar-refractivity contribution in [2.24, 2.45) is 0 Å². The van der Waals surface area contributed by atoms with E-state index in [-0.39, 0.29) is 0 Å². The van der Waals surface area contributed by atoms with Crippen molar-refractivity contribution >= 4 is 113 Å². The fourth-order valence-corrected chi connectivity index (χ4v) is 14.9. The number of benzene rings is 14. The van der Waals surface area contributed by atoms with Crippen LogP contribution in [0.1, 0.15) is 17.5 Å². The van der Waals surface area contributed by atoms with E-state index in [9.17, 15) is 0 Å². The Morgan fingerprint density at radius 1 is 0.287 bits per heavy atom. The normalized spacial score (nSPS) is 12.6. The molecule has 0 atom stereocenters. The minimum Gasteiger partial charge on any atom is -0.309 e. The molecule has 0 N–H and O–H groups in total. The Hall–Kier alpha value is -9.86. The van der Waals surface area contributed by atoms with E-state index in [2.05, 4.69) is 278 Å². The summed E-state index contributed by atoms with van der Waals surface area (Å²) >= 11 is 1.89. The molecule has 1 aliphatic rings. The molecule has 80 heavy (non-hydrogen) atoms. The van der Waals surface area contributed by atoms with Gasteiger partial charge in [0.25, 0.3) is 0 Å². The third kappa shape index (κ3) is 7.02. The number of aryl methyl sites for hydroxylation is 1. The molecular formula is C78H49NS. The van der Waals surface area contributed by atoms with Crippen molar-refractivity contribution in [1.82, 2.24) is 4.57 Å². The topological polar surface area (TPSA) is 4.93 Å². The highest BCUT2D eigenvalue weighted by Gasteiger charge is 2.20. The standard InChI is InChI=1S/C78H49NS/c1-2-23-61-59(21-1)60-22-5-6-26-64(60)72-44-54(35-37-65(61)72)51-18-13-20-57(43-51)79-75-31-9-7-27-68(75)69-40-36-55(47-76(69)79)49-16-11-15-48(41-49)52-33-38-66-62-24-3-4-25-63(62)67-39-34-53(46-74(67)73(66)45-52)50-17-12-19-56(42-50)58-29-14-30-71-70-28-8-10-32-77(70)80-78(58)71/h1-2,4-23,25-47H,3,24H2. The summed E-state index contributed by atoms with van der Waals surface area (Å²) in [5.41, 5.74) is 18.5. The van der Waals surface area contributed by atoms with Gasteiger partial charge in [0.2, 0.25) is 0 Å². The van der Waals surface area contributed by atoms with E-state index in [1.54, 1.807) is 0 Å². The van der Waals surface area contributed by atoms with E-state index in [0.717, 1.165) is 18.5 Å². The van der Waals surface area contributed by atoms with Crippen LogP contribution in [0.25, 0.3) is 163 Å². The Kier molecular flexibility index (Phi) is 10.1. The van der Waals surface area contributed by atoms with Crippen LogP contribution in [0.3, 0.4) is 0 Å². The van der Waals surface area contributed by atoms with Crippen LogP contribution in [-0.4, -0.2) is 4.57 Å². The maximum absolute atomic E-state index is 2.46. The van der Waals surface area contributed by atoms with Crippen molar-refractivity contribution in [1.29, 1.82) is 0 Å². The summed E-state index contributed by atoms with van der Waals surface area (Å²) < 4.78 is 5.14. The minimum atomic E-state index is 1.04. The van der Waals surface area contributed by atoms with Gasteiger partial charge in [-0.25, -0.2) is 0 Å². The highest BCUT2D eigenvalue weighted by atomic mass is 32.1. The predicted octanol–water partition coefficient (Wildman–Crippen LogP) is 22.2. The molecule has 0 saturated carbocycles. The predicted molar refractivity (Wildman–Crippen MR) is 346 cm³/mol. The quantitative estimate of drug-likeness (QED) is 0.146. The van der Waals surface area contributed by atoms with E-state index in [1.165, 1.54) is 163 Å². The van der Waals surface area contributed by atoms with Crippen molar-refractivity contribution < 1.29 is 0 Å². The lowest BCUT2D eigenvalue weighted by molar-refractivity contribution is 1.00. The van der Waals surface area contributed by atoms with Crippen LogP contribution in [0, 0.1) is 0 Å². The zero-order chi connectivity index (χ0) is 52.4. The first-order valence-electron chi connectivity index (χ1n) is 27.9. The third-order valence-electron chi connectivity index (χ3n) is 17.4.